The normalized spacial score (nSPS) is 20.8. The Balaban J connectivity index is 2.09. The second-order valence-electron chi connectivity index (χ2n) is 6.32. The highest BCUT2D eigenvalue weighted by Gasteiger charge is 2.36. The number of nitrogens with two attached hydrogens (primary N) is 1. The number of hydrogen-bond donors (Lipinski definition) is 1. The van der Waals surface area contributed by atoms with Gasteiger partial charge in [-0.05, 0) is 39.2 Å². The van der Waals surface area contributed by atoms with E-state index in [2.05, 4.69) is 0 Å². The highest BCUT2D eigenvalue weighted by Crippen LogP contribution is 2.29. The third-order valence-corrected chi connectivity index (χ3v) is 3.53. The fourth-order valence-electron chi connectivity index (χ4n) is 2.61. The predicted molar refractivity (Wildman–Crippen MR) is 79.3 cm³/mol. The van der Waals surface area contributed by atoms with E-state index in [-0.39, 0.29) is 18.2 Å². The molecule has 0 spiro atoms. The van der Waals surface area contributed by atoms with Gasteiger partial charge in [-0.3, -0.25) is 0 Å². The summed E-state index contributed by atoms with van der Waals surface area (Å²) in [5, 5.41) is 0. The Labute approximate surface area is 120 Å². The first kappa shape index (κ1) is 14.9. The van der Waals surface area contributed by atoms with Crippen molar-refractivity contribution in [1.29, 1.82) is 0 Å². The molecule has 110 valence electrons. The van der Waals surface area contributed by atoms with E-state index in [0.717, 1.165) is 24.9 Å². The molecule has 0 unspecified atom stereocenters. The Kier molecular flexibility index (Phi) is 4.33. The molecule has 1 aromatic rings. The molecule has 20 heavy (non-hydrogen) atoms. The molecule has 2 atom stereocenters. The summed E-state index contributed by atoms with van der Waals surface area (Å²) in [6.07, 6.45) is 1.64. The predicted octanol–water partition coefficient (Wildman–Crippen LogP) is 3.09. The van der Waals surface area contributed by atoms with Gasteiger partial charge in [-0.1, -0.05) is 30.3 Å². The van der Waals surface area contributed by atoms with E-state index < -0.39 is 5.60 Å². The fourth-order valence-corrected chi connectivity index (χ4v) is 2.61. The number of rotatable bonds is 2. The van der Waals surface area contributed by atoms with Gasteiger partial charge in [-0.2, -0.15) is 0 Å². The largest absolute Gasteiger partial charge is 0.444 e. The molecule has 0 bridgehead atoms. The lowest BCUT2D eigenvalue weighted by atomic mass is 9.98. The minimum atomic E-state index is -0.471. The Morgan fingerprint density at radius 3 is 2.60 bits per heavy atom. The first-order valence-corrected chi connectivity index (χ1v) is 7.18. The van der Waals surface area contributed by atoms with Gasteiger partial charge in [0.1, 0.15) is 5.60 Å². The van der Waals surface area contributed by atoms with Crippen LogP contribution in [0, 0.1) is 0 Å². The third kappa shape index (κ3) is 3.51. The molecule has 1 aliphatic heterocycles. The van der Waals surface area contributed by atoms with Crippen molar-refractivity contribution >= 4 is 6.09 Å². The topological polar surface area (TPSA) is 55.6 Å². The van der Waals surface area contributed by atoms with Gasteiger partial charge in [0.25, 0.3) is 0 Å². The Morgan fingerprint density at radius 1 is 1.35 bits per heavy atom. The van der Waals surface area contributed by atoms with Crippen LogP contribution in [0.5, 0.6) is 0 Å². The molecule has 0 saturated carbocycles. The summed E-state index contributed by atoms with van der Waals surface area (Å²) in [5.74, 6) is 0. The molecule has 1 amide bonds. The van der Waals surface area contributed by atoms with Crippen LogP contribution in [0.1, 0.15) is 45.2 Å². The molecule has 4 nitrogen and oxygen atoms in total. The van der Waals surface area contributed by atoms with Crippen molar-refractivity contribution in [3.63, 3.8) is 0 Å². The van der Waals surface area contributed by atoms with Gasteiger partial charge in [-0.15, -0.1) is 0 Å². The molecule has 0 aliphatic carbocycles. The minimum absolute atomic E-state index is 0.0206. The number of nitrogens with zero attached hydrogens (tertiary/aromatic N) is 1. The van der Waals surface area contributed by atoms with Gasteiger partial charge in [0.15, 0.2) is 0 Å². The third-order valence-electron chi connectivity index (χ3n) is 3.53. The van der Waals surface area contributed by atoms with Gasteiger partial charge in [0, 0.05) is 6.54 Å². The lowest BCUT2D eigenvalue weighted by Gasteiger charge is -2.31. The van der Waals surface area contributed by atoms with Gasteiger partial charge in [0.2, 0.25) is 0 Å². The summed E-state index contributed by atoms with van der Waals surface area (Å²) in [5.41, 5.74) is 6.93. The second-order valence-corrected chi connectivity index (χ2v) is 6.32. The van der Waals surface area contributed by atoms with E-state index in [0.29, 0.717) is 0 Å². The molecule has 0 radical (unpaired) electrons. The van der Waals surface area contributed by atoms with Crippen LogP contribution >= 0.6 is 0 Å². The van der Waals surface area contributed by atoms with Crippen molar-refractivity contribution in [2.75, 3.05) is 6.54 Å². The van der Waals surface area contributed by atoms with Crippen molar-refractivity contribution in [3.8, 4) is 0 Å². The van der Waals surface area contributed by atoms with Crippen LogP contribution in [0.4, 0.5) is 4.79 Å². The smallest absolute Gasteiger partial charge is 0.410 e. The van der Waals surface area contributed by atoms with Gasteiger partial charge in [-0.25, -0.2) is 4.79 Å². The van der Waals surface area contributed by atoms with Gasteiger partial charge >= 0.3 is 6.09 Å². The first-order valence-electron chi connectivity index (χ1n) is 7.18. The van der Waals surface area contributed by atoms with Crippen molar-refractivity contribution in [2.45, 2.75) is 51.3 Å². The molecule has 1 aliphatic rings. The molecular formula is C16H24N2O2. The van der Waals surface area contributed by atoms with E-state index >= 15 is 0 Å². The zero-order valence-corrected chi connectivity index (χ0v) is 12.5. The molecule has 0 aromatic heterocycles. The molecule has 1 saturated heterocycles. The van der Waals surface area contributed by atoms with Gasteiger partial charge < -0.3 is 15.4 Å². The van der Waals surface area contributed by atoms with Gasteiger partial charge in [0.05, 0.1) is 12.1 Å². The van der Waals surface area contributed by atoms with Crippen molar-refractivity contribution < 1.29 is 9.53 Å². The highest BCUT2D eigenvalue weighted by molar-refractivity contribution is 5.69. The maximum Gasteiger partial charge on any atom is 0.410 e. The number of carbonyl (C=O) groups is 1. The summed E-state index contributed by atoms with van der Waals surface area (Å²) in [7, 11) is 0. The number of benzene rings is 1. The van der Waals surface area contributed by atoms with Crippen LogP contribution < -0.4 is 5.73 Å². The average Bonchev–Trinajstić information content (AvgIpc) is 2.86. The van der Waals surface area contributed by atoms with Crippen molar-refractivity contribution in [3.05, 3.63) is 35.9 Å². The molecule has 2 N–H and O–H groups in total. The maximum atomic E-state index is 12.3. The summed E-state index contributed by atoms with van der Waals surface area (Å²) in [6.45, 7) is 6.37. The Hall–Kier alpha value is -1.55. The van der Waals surface area contributed by atoms with Crippen LogP contribution in [0.15, 0.2) is 30.3 Å². The summed E-state index contributed by atoms with van der Waals surface area (Å²) in [6, 6.07) is 9.80. The summed E-state index contributed by atoms with van der Waals surface area (Å²) >= 11 is 0. The summed E-state index contributed by atoms with van der Waals surface area (Å²) < 4.78 is 5.47. The van der Waals surface area contributed by atoms with E-state index in [1.807, 2.05) is 51.1 Å². The zero-order chi connectivity index (χ0) is 14.8. The molecular weight excluding hydrogens is 252 g/mol. The van der Waals surface area contributed by atoms with Crippen molar-refractivity contribution in [2.24, 2.45) is 5.73 Å². The summed E-state index contributed by atoms with van der Waals surface area (Å²) in [4.78, 5) is 14.0. The molecule has 2 rings (SSSR count). The molecule has 1 heterocycles. The lowest BCUT2D eigenvalue weighted by molar-refractivity contribution is 0.0206. The number of ether oxygens (including phenoxy) is 1. The minimum Gasteiger partial charge on any atom is -0.444 e. The molecule has 4 heteroatoms. The second kappa shape index (κ2) is 5.83. The average molecular weight is 276 g/mol. The molecule has 1 aromatic carbocycles. The lowest BCUT2D eigenvalue weighted by Crippen LogP contribution is -2.44. The Bertz CT molecular complexity index is 453. The number of carbonyl (C=O) groups excluding carboxylic acids is 1. The first-order chi connectivity index (χ1) is 9.38. The Morgan fingerprint density at radius 2 is 2.00 bits per heavy atom. The van der Waals surface area contributed by atoms with E-state index in [4.69, 9.17) is 10.5 Å². The number of likely N-dealkylation sites (tertiary alicyclic amines) is 1. The van der Waals surface area contributed by atoms with Crippen LogP contribution in [0.2, 0.25) is 0 Å². The zero-order valence-electron chi connectivity index (χ0n) is 12.5. The number of hydrogen-bond acceptors (Lipinski definition) is 3. The quantitative estimate of drug-likeness (QED) is 0.903. The van der Waals surface area contributed by atoms with E-state index in [9.17, 15) is 4.79 Å². The SMILES string of the molecule is CC(C)(C)OC(=O)N1CCC[C@@H]1[C@H](N)c1ccccc1. The van der Waals surface area contributed by atoms with Crippen LogP contribution in [-0.4, -0.2) is 29.2 Å². The maximum absolute atomic E-state index is 12.3. The standard InChI is InChI=1S/C16H24N2O2/c1-16(2,3)20-15(19)18-11-7-10-13(18)14(17)12-8-5-4-6-9-12/h4-6,8-9,13-14H,7,10-11,17H2,1-3H3/t13-,14-/m1/s1. The van der Waals surface area contributed by atoms with E-state index in [1.165, 1.54) is 0 Å². The van der Waals surface area contributed by atoms with Crippen LogP contribution in [-0.2, 0) is 4.74 Å². The molecule has 1 fully saturated rings. The van der Waals surface area contributed by atoms with E-state index in [1.54, 1.807) is 4.90 Å². The number of amides is 1. The highest BCUT2D eigenvalue weighted by atomic mass is 16.6. The monoisotopic (exact) mass is 276 g/mol. The van der Waals surface area contributed by atoms with Crippen LogP contribution in [0.3, 0.4) is 0 Å². The van der Waals surface area contributed by atoms with Crippen molar-refractivity contribution in [1.82, 2.24) is 4.90 Å². The van der Waals surface area contributed by atoms with Crippen LogP contribution in [0.25, 0.3) is 0 Å². The fraction of sp³-hybridized carbons (Fsp3) is 0.562.